The zero-order chi connectivity index (χ0) is 26.5. The molecule has 0 radical (unpaired) electrons. The number of anilines is 1. The van der Waals surface area contributed by atoms with Crippen LogP contribution < -0.4 is 10.6 Å². The van der Waals surface area contributed by atoms with Gasteiger partial charge in [0, 0.05) is 12.2 Å². The van der Waals surface area contributed by atoms with E-state index in [0.717, 1.165) is 25.0 Å². The van der Waals surface area contributed by atoms with Crippen LogP contribution in [-0.4, -0.2) is 32.4 Å². The fraction of sp³-hybridized carbons (Fsp3) is 0.391. The number of amides is 1. The summed E-state index contributed by atoms with van der Waals surface area (Å²) in [6.07, 6.45) is -10.1. The average Bonchev–Trinajstić information content (AvgIpc) is 3.47. The molecule has 2 aromatic carbocycles. The lowest BCUT2D eigenvalue weighted by Gasteiger charge is -2.31. The molecule has 1 amide bonds. The molecule has 1 heterocycles. The Morgan fingerprint density at radius 1 is 1.03 bits per heavy atom. The van der Waals surface area contributed by atoms with Gasteiger partial charge in [-0.05, 0) is 59.7 Å². The van der Waals surface area contributed by atoms with Gasteiger partial charge in [0.2, 0.25) is 5.91 Å². The SMILES string of the molecule is N#CC(c1ccc(NC(=O)C2NCc3cc(S(=O)(=O)CC4CC4)ccc32)cc1)(C(F)(F)F)C(F)(F)F. The molecule has 2 aliphatic rings. The van der Waals surface area contributed by atoms with Crippen molar-refractivity contribution in [2.45, 2.75) is 48.1 Å². The van der Waals surface area contributed by atoms with Crippen molar-refractivity contribution in [3.8, 4) is 6.07 Å². The van der Waals surface area contributed by atoms with E-state index in [1.54, 1.807) is 0 Å². The number of rotatable bonds is 6. The molecule has 1 atom stereocenters. The summed E-state index contributed by atoms with van der Waals surface area (Å²) in [4.78, 5) is 12.9. The maximum atomic E-state index is 13.3. The molecule has 1 aliphatic carbocycles. The Bertz CT molecular complexity index is 1310. The molecule has 2 N–H and O–H groups in total. The summed E-state index contributed by atoms with van der Waals surface area (Å²) < 4.78 is 105. The van der Waals surface area contributed by atoms with Gasteiger partial charge in [0.15, 0.2) is 9.84 Å². The number of carbonyl (C=O) groups excluding carboxylic acids is 1. The van der Waals surface area contributed by atoms with E-state index in [4.69, 9.17) is 5.26 Å². The largest absolute Gasteiger partial charge is 0.420 e. The van der Waals surface area contributed by atoms with E-state index >= 15 is 0 Å². The first-order valence-corrected chi connectivity index (χ1v) is 12.4. The highest BCUT2D eigenvalue weighted by Crippen LogP contribution is 2.51. The minimum atomic E-state index is -5.92. The highest BCUT2D eigenvalue weighted by molar-refractivity contribution is 7.91. The maximum Gasteiger partial charge on any atom is 0.420 e. The molecule has 36 heavy (non-hydrogen) atoms. The number of alkyl halides is 6. The lowest BCUT2D eigenvalue weighted by atomic mass is 9.80. The van der Waals surface area contributed by atoms with Gasteiger partial charge in [-0.15, -0.1) is 0 Å². The molecule has 0 aromatic heterocycles. The van der Waals surface area contributed by atoms with Gasteiger partial charge in [0.25, 0.3) is 5.41 Å². The first kappa shape index (κ1) is 26.0. The van der Waals surface area contributed by atoms with Crippen LogP contribution in [0.2, 0.25) is 0 Å². The molecule has 0 bridgehead atoms. The topological polar surface area (TPSA) is 99.1 Å². The number of nitrogens with zero attached hydrogens (tertiary/aromatic N) is 1. The molecule has 6 nitrogen and oxygen atoms in total. The summed E-state index contributed by atoms with van der Waals surface area (Å²) in [5.74, 6) is -0.417. The van der Waals surface area contributed by atoms with Crippen LogP contribution >= 0.6 is 0 Å². The number of halogens is 6. The lowest BCUT2D eigenvalue weighted by Crippen LogP contribution is -2.52. The van der Waals surface area contributed by atoms with Crippen molar-refractivity contribution >= 4 is 21.4 Å². The number of nitrogens with one attached hydrogen (secondary N) is 2. The highest BCUT2D eigenvalue weighted by atomic mass is 32.2. The number of carbonyl (C=O) groups is 1. The molecule has 0 saturated heterocycles. The molecule has 13 heteroatoms. The Labute approximate surface area is 202 Å². The van der Waals surface area contributed by atoms with Crippen molar-refractivity contribution in [3.63, 3.8) is 0 Å². The monoisotopic (exact) mass is 531 g/mol. The van der Waals surface area contributed by atoms with E-state index in [-0.39, 0.29) is 28.8 Å². The Kier molecular flexibility index (Phi) is 6.33. The number of hydrogen-bond acceptors (Lipinski definition) is 5. The first-order chi connectivity index (χ1) is 16.7. The summed E-state index contributed by atoms with van der Waals surface area (Å²) in [7, 11) is -3.46. The van der Waals surface area contributed by atoms with Gasteiger partial charge in [-0.25, -0.2) is 8.42 Å². The van der Waals surface area contributed by atoms with Gasteiger partial charge in [-0.2, -0.15) is 31.6 Å². The summed E-state index contributed by atoms with van der Waals surface area (Å²) in [6, 6.07) is 6.55. The first-order valence-electron chi connectivity index (χ1n) is 10.7. The van der Waals surface area contributed by atoms with Gasteiger partial charge in [0.1, 0.15) is 6.04 Å². The van der Waals surface area contributed by atoms with Crippen molar-refractivity contribution in [3.05, 3.63) is 59.2 Å². The summed E-state index contributed by atoms with van der Waals surface area (Å²) in [5, 5.41) is 14.2. The van der Waals surface area contributed by atoms with Gasteiger partial charge < -0.3 is 5.32 Å². The van der Waals surface area contributed by atoms with E-state index in [2.05, 4.69) is 10.6 Å². The van der Waals surface area contributed by atoms with E-state index < -0.39 is 45.1 Å². The Morgan fingerprint density at radius 2 is 1.64 bits per heavy atom. The molecule has 1 aliphatic heterocycles. The van der Waals surface area contributed by atoms with Gasteiger partial charge >= 0.3 is 12.4 Å². The third kappa shape index (κ3) is 4.55. The second kappa shape index (κ2) is 8.77. The summed E-state index contributed by atoms with van der Waals surface area (Å²) in [6.45, 7) is 0.195. The van der Waals surface area contributed by atoms with Crippen LogP contribution in [0.25, 0.3) is 0 Å². The minimum Gasteiger partial charge on any atom is -0.324 e. The van der Waals surface area contributed by atoms with Crippen LogP contribution in [0.15, 0.2) is 47.4 Å². The third-order valence-electron chi connectivity index (χ3n) is 6.30. The number of benzene rings is 2. The molecule has 4 rings (SSSR count). The molecular formula is C23H19F6N3O3S. The second-order valence-corrected chi connectivity index (χ2v) is 10.9. The number of hydrogen-bond donors (Lipinski definition) is 2. The number of nitriles is 1. The maximum absolute atomic E-state index is 13.3. The zero-order valence-electron chi connectivity index (χ0n) is 18.4. The quantitative estimate of drug-likeness (QED) is 0.534. The van der Waals surface area contributed by atoms with Crippen LogP contribution in [0.4, 0.5) is 32.0 Å². The van der Waals surface area contributed by atoms with Crippen molar-refractivity contribution in [2.24, 2.45) is 5.92 Å². The smallest absolute Gasteiger partial charge is 0.324 e. The van der Waals surface area contributed by atoms with E-state index in [0.29, 0.717) is 29.3 Å². The van der Waals surface area contributed by atoms with Gasteiger partial charge in [-0.1, -0.05) is 18.2 Å². The van der Waals surface area contributed by atoms with E-state index in [1.807, 2.05) is 0 Å². The molecule has 1 fully saturated rings. The summed E-state index contributed by atoms with van der Waals surface area (Å²) >= 11 is 0. The van der Waals surface area contributed by atoms with Crippen LogP contribution in [-0.2, 0) is 26.6 Å². The van der Waals surface area contributed by atoms with E-state index in [9.17, 15) is 39.6 Å². The highest BCUT2D eigenvalue weighted by Gasteiger charge is 2.72. The van der Waals surface area contributed by atoms with Crippen molar-refractivity contribution in [2.75, 3.05) is 11.1 Å². The van der Waals surface area contributed by atoms with Crippen LogP contribution in [0.3, 0.4) is 0 Å². The minimum absolute atomic E-state index is 0.0644. The zero-order valence-corrected chi connectivity index (χ0v) is 19.2. The second-order valence-electron chi connectivity index (χ2n) is 8.82. The van der Waals surface area contributed by atoms with Gasteiger partial charge in [-0.3, -0.25) is 10.1 Å². The predicted molar refractivity (Wildman–Crippen MR) is 115 cm³/mol. The van der Waals surface area contributed by atoms with Crippen LogP contribution in [0, 0.1) is 17.2 Å². The van der Waals surface area contributed by atoms with Crippen LogP contribution in [0.1, 0.15) is 35.6 Å². The number of fused-ring (bicyclic) bond motifs is 1. The summed E-state index contributed by atoms with van der Waals surface area (Å²) in [5.41, 5.74) is -5.03. The molecular weight excluding hydrogens is 512 g/mol. The van der Waals surface area contributed by atoms with Crippen molar-refractivity contribution in [1.82, 2.24) is 5.32 Å². The molecule has 1 saturated carbocycles. The molecule has 192 valence electrons. The Balaban J connectivity index is 1.52. The fourth-order valence-electron chi connectivity index (χ4n) is 4.15. The molecule has 1 unspecified atom stereocenters. The van der Waals surface area contributed by atoms with Crippen LogP contribution in [0.5, 0.6) is 0 Å². The predicted octanol–water partition coefficient (Wildman–Crippen LogP) is 4.54. The third-order valence-corrected chi connectivity index (χ3v) is 8.18. The lowest BCUT2D eigenvalue weighted by molar-refractivity contribution is -0.283. The Morgan fingerprint density at radius 3 is 2.17 bits per heavy atom. The fourth-order valence-corrected chi connectivity index (χ4v) is 5.90. The molecule has 0 spiro atoms. The van der Waals surface area contributed by atoms with Crippen molar-refractivity contribution in [1.29, 1.82) is 5.26 Å². The standard InChI is InChI=1S/C23H19F6N3O3S/c24-22(25,26)21(12-30,23(27,28)29)15-3-5-16(6-4-15)32-20(33)19-18-8-7-17(9-14(18)10-31-19)36(34,35)11-13-1-2-13/h3-9,13,19,31H,1-2,10-11H2,(H,32,33). The average molecular weight is 531 g/mol. The van der Waals surface area contributed by atoms with E-state index in [1.165, 1.54) is 18.2 Å². The normalized spacial score (nSPS) is 18.4. The van der Waals surface area contributed by atoms with Gasteiger partial charge in [0.05, 0.1) is 16.7 Å². The molecule has 2 aromatic rings. The Hall–Kier alpha value is -3.11. The van der Waals surface area contributed by atoms with Crippen molar-refractivity contribution < 1.29 is 39.6 Å². The number of sulfone groups is 1.